The van der Waals surface area contributed by atoms with Crippen molar-refractivity contribution in [2.24, 2.45) is 0 Å². The summed E-state index contributed by atoms with van der Waals surface area (Å²) in [7, 11) is 3.75. The lowest BCUT2D eigenvalue weighted by Gasteiger charge is -2.09. The lowest BCUT2D eigenvalue weighted by atomic mass is 10.1. The molecule has 0 atom stereocenters. The molecule has 4 heteroatoms. The van der Waals surface area contributed by atoms with Gasteiger partial charge in [0, 0.05) is 0 Å². The molecule has 0 N–H and O–H groups in total. The molecular formula is C4H10BNO2. The first-order valence-electron chi connectivity index (χ1n) is 2.70. The van der Waals surface area contributed by atoms with Crippen LogP contribution in [0, 0.1) is 0 Å². The third-order valence-corrected chi connectivity index (χ3v) is 1.03. The molecule has 1 aliphatic rings. The summed E-state index contributed by atoms with van der Waals surface area (Å²) in [4.78, 5) is 1.90. The van der Waals surface area contributed by atoms with Crippen LogP contribution in [0.5, 0.6) is 0 Å². The normalized spacial score (nSPS) is 20.6. The van der Waals surface area contributed by atoms with Crippen LogP contribution in [0.2, 0.25) is 0 Å². The molecule has 1 saturated heterocycles. The largest absolute Gasteiger partial charge is 0.557 e. The summed E-state index contributed by atoms with van der Waals surface area (Å²) in [6, 6.07) is 0. The summed E-state index contributed by atoms with van der Waals surface area (Å²) < 4.78 is 10.2. The predicted molar refractivity (Wildman–Crippen MR) is 31.3 cm³/mol. The van der Waals surface area contributed by atoms with E-state index in [0.29, 0.717) is 0 Å². The van der Waals surface area contributed by atoms with Crippen LogP contribution in [0.15, 0.2) is 0 Å². The first-order valence-corrected chi connectivity index (χ1v) is 2.70. The molecule has 46 valence electrons. The molecule has 0 aromatic rings. The Bertz CT molecular complexity index is 72.4. The summed E-state index contributed by atoms with van der Waals surface area (Å²) in [5.41, 5.74) is 0. The van der Waals surface area contributed by atoms with Crippen molar-refractivity contribution < 1.29 is 9.31 Å². The molecular weight excluding hydrogens is 105 g/mol. The zero-order chi connectivity index (χ0) is 5.98. The van der Waals surface area contributed by atoms with Gasteiger partial charge in [-0.15, -0.1) is 0 Å². The van der Waals surface area contributed by atoms with Crippen molar-refractivity contribution in [3.63, 3.8) is 0 Å². The van der Waals surface area contributed by atoms with Gasteiger partial charge in [0.15, 0.2) is 0 Å². The van der Waals surface area contributed by atoms with Crippen molar-refractivity contribution in [3.8, 4) is 0 Å². The molecule has 0 bridgehead atoms. The van der Waals surface area contributed by atoms with Crippen LogP contribution in [-0.4, -0.2) is 39.4 Å². The van der Waals surface area contributed by atoms with Crippen molar-refractivity contribution in [2.45, 2.75) is 0 Å². The van der Waals surface area contributed by atoms with E-state index in [1.165, 1.54) is 0 Å². The van der Waals surface area contributed by atoms with Gasteiger partial charge in [-0.1, -0.05) is 0 Å². The summed E-state index contributed by atoms with van der Waals surface area (Å²) in [6.45, 7) is 1.45. The van der Waals surface area contributed by atoms with Gasteiger partial charge in [0.1, 0.15) is 0 Å². The molecule has 0 aromatic carbocycles. The minimum Gasteiger partial charge on any atom is -0.395 e. The fourth-order valence-electron chi connectivity index (χ4n) is 0.644. The average molecular weight is 115 g/mol. The van der Waals surface area contributed by atoms with Gasteiger partial charge in [0.05, 0.1) is 13.2 Å². The van der Waals surface area contributed by atoms with Gasteiger partial charge in [0.2, 0.25) is 0 Å². The molecule has 8 heavy (non-hydrogen) atoms. The quantitative estimate of drug-likeness (QED) is 0.433. The van der Waals surface area contributed by atoms with Crippen molar-refractivity contribution in [3.05, 3.63) is 0 Å². The van der Waals surface area contributed by atoms with Gasteiger partial charge in [-0.05, 0) is 14.1 Å². The maximum atomic E-state index is 5.12. The van der Waals surface area contributed by atoms with Crippen LogP contribution in [0.25, 0.3) is 0 Å². The monoisotopic (exact) mass is 115 g/mol. The lowest BCUT2D eigenvalue weighted by Crippen LogP contribution is -2.33. The first-order chi connectivity index (χ1) is 3.80. The molecule has 0 aliphatic carbocycles. The standard InChI is InChI=1S/C4H10BNO2/c1-6(2)5-7-3-4-8-5/h3-4H2,1-2H3. The van der Waals surface area contributed by atoms with Crippen LogP contribution >= 0.6 is 0 Å². The number of rotatable bonds is 1. The van der Waals surface area contributed by atoms with Gasteiger partial charge in [0.25, 0.3) is 0 Å². The smallest absolute Gasteiger partial charge is 0.395 e. The van der Waals surface area contributed by atoms with Crippen molar-refractivity contribution in [1.82, 2.24) is 4.81 Å². The van der Waals surface area contributed by atoms with E-state index in [1.807, 2.05) is 18.9 Å². The highest BCUT2D eigenvalue weighted by molar-refractivity contribution is 6.41. The molecule has 1 aliphatic heterocycles. The van der Waals surface area contributed by atoms with Crippen molar-refractivity contribution >= 4 is 7.25 Å². The Morgan fingerprint density at radius 3 is 2.00 bits per heavy atom. The zero-order valence-electron chi connectivity index (χ0n) is 5.26. The van der Waals surface area contributed by atoms with E-state index in [4.69, 9.17) is 9.31 Å². The minimum absolute atomic E-state index is 0.102. The van der Waals surface area contributed by atoms with E-state index in [-0.39, 0.29) is 7.25 Å². The fourth-order valence-corrected chi connectivity index (χ4v) is 0.644. The Balaban J connectivity index is 2.24. The number of nitrogens with zero attached hydrogens (tertiary/aromatic N) is 1. The topological polar surface area (TPSA) is 21.7 Å². The van der Waals surface area contributed by atoms with Crippen LogP contribution < -0.4 is 0 Å². The van der Waals surface area contributed by atoms with Gasteiger partial charge in [-0.2, -0.15) is 0 Å². The van der Waals surface area contributed by atoms with E-state index in [2.05, 4.69) is 0 Å². The molecule has 1 rings (SSSR count). The maximum Gasteiger partial charge on any atom is 0.557 e. The van der Waals surface area contributed by atoms with Gasteiger partial charge in [-0.3, -0.25) is 4.81 Å². The summed E-state index contributed by atoms with van der Waals surface area (Å²) >= 11 is 0. The molecule has 3 nitrogen and oxygen atoms in total. The number of hydrogen-bond acceptors (Lipinski definition) is 3. The van der Waals surface area contributed by atoms with Gasteiger partial charge >= 0.3 is 7.25 Å². The molecule has 1 fully saturated rings. The SMILES string of the molecule is CN(C)B1OCCO1. The Labute approximate surface area is 49.7 Å². The van der Waals surface area contributed by atoms with Crippen LogP contribution in [0.1, 0.15) is 0 Å². The van der Waals surface area contributed by atoms with Crippen molar-refractivity contribution in [1.29, 1.82) is 0 Å². The number of hydrogen-bond donors (Lipinski definition) is 0. The second kappa shape index (κ2) is 2.48. The predicted octanol–water partition coefficient (Wildman–Crippen LogP) is -0.420. The summed E-state index contributed by atoms with van der Waals surface area (Å²) in [6.07, 6.45) is 0. The Kier molecular flexibility index (Phi) is 1.88. The van der Waals surface area contributed by atoms with Gasteiger partial charge < -0.3 is 9.31 Å². The van der Waals surface area contributed by atoms with Gasteiger partial charge in [-0.25, -0.2) is 0 Å². The fraction of sp³-hybridized carbons (Fsp3) is 1.00. The molecule has 0 aromatic heterocycles. The second-order valence-electron chi connectivity index (χ2n) is 2.01. The Morgan fingerprint density at radius 1 is 1.25 bits per heavy atom. The van der Waals surface area contributed by atoms with Crippen LogP contribution in [0.3, 0.4) is 0 Å². The van der Waals surface area contributed by atoms with E-state index in [0.717, 1.165) is 13.2 Å². The minimum atomic E-state index is -0.102. The molecule has 0 amide bonds. The van der Waals surface area contributed by atoms with Crippen LogP contribution in [-0.2, 0) is 9.31 Å². The van der Waals surface area contributed by atoms with E-state index in [1.54, 1.807) is 0 Å². The molecule has 0 saturated carbocycles. The highest BCUT2D eigenvalue weighted by atomic mass is 16.6. The lowest BCUT2D eigenvalue weighted by molar-refractivity contribution is 0.304. The second-order valence-corrected chi connectivity index (χ2v) is 2.01. The average Bonchev–Trinajstić information content (AvgIpc) is 2.12. The van der Waals surface area contributed by atoms with E-state index in [9.17, 15) is 0 Å². The van der Waals surface area contributed by atoms with E-state index >= 15 is 0 Å². The first kappa shape index (κ1) is 6.07. The summed E-state index contributed by atoms with van der Waals surface area (Å²) in [5, 5.41) is 0. The maximum absolute atomic E-state index is 5.12. The molecule has 0 radical (unpaired) electrons. The molecule has 0 spiro atoms. The Hall–Kier alpha value is -0.0551. The van der Waals surface area contributed by atoms with Crippen LogP contribution in [0.4, 0.5) is 0 Å². The Morgan fingerprint density at radius 2 is 1.75 bits per heavy atom. The van der Waals surface area contributed by atoms with E-state index < -0.39 is 0 Å². The molecule has 0 unspecified atom stereocenters. The third-order valence-electron chi connectivity index (χ3n) is 1.03. The molecule has 1 heterocycles. The third kappa shape index (κ3) is 1.21. The van der Waals surface area contributed by atoms with Crippen molar-refractivity contribution in [2.75, 3.05) is 27.3 Å². The zero-order valence-corrected chi connectivity index (χ0v) is 5.26. The summed E-state index contributed by atoms with van der Waals surface area (Å²) in [5.74, 6) is 0. The highest BCUT2D eigenvalue weighted by Crippen LogP contribution is 1.99. The highest BCUT2D eigenvalue weighted by Gasteiger charge is 2.26.